The Morgan fingerprint density at radius 1 is 1.50 bits per heavy atom. The molecule has 10 heavy (non-hydrogen) atoms. The first-order valence-electron chi connectivity index (χ1n) is 3.38. The number of nitrogens with one attached hydrogen (secondary N) is 1. The van der Waals surface area contributed by atoms with Gasteiger partial charge in [-0.05, 0) is 26.8 Å². The summed E-state index contributed by atoms with van der Waals surface area (Å²) in [6.07, 6.45) is 2.20. The monoisotopic (exact) mass is 144 g/mol. The molecule has 0 saturated carbocycles. The molecule has 1 aliphatic rings. The molecule has 1 heterocycles. The molecule has 1 rings (SSSR count). The maximum absolute atomic E-state index is 12.5. The van der Waals surface area contributed by atoms with E-state index in [9.17, 15) is 4.39 Å². The Morgan fingerprint density at radius 2 is 2.10 bits per heavy atom. The second-order valence-electron chi connectivity index (χ2n) is 3.41. The molecule has 0 bridgehead atoms. The Labute approximate surface area is 60.7 Å². The van der Waals surface area contributed by atoms with Crippen molar-refractivity contribution in [1.29, 1.82) is 0 Å². The van der Waals surface area contributed by atoms with Crippen LogP contribution in [0.2, 0.25) is 0 Å². The van der Waals surface area contributed by atoms with Crippen molar-refractivity contribution in [3.05, 3.63) is 12.3 Å². The summed E-state index contributed by atoms with van der Waals surface area (Å²) < 4.78 is 12.5. The maximum atomic E-state index is 12.5. The van der Waals surface area contributed by atoms with E-state index in [1.807, 2.05) is 20.8 Å². The second kappa shape index (κ2) is 2.23. The van der Waals surface area contributed by atoms with Crippen molar-refractivity contribution in [1.82, 2.24) is 10.4 Å². The van der Waals surface area contributed by atoms with Gasteiger partial charge in [0.1, 0.15) is 0 Å². The zero-order valence-electron chi connectivity index (χ0n) is 6.56. The average Bonchev–Trinajstić information content (AvgIpc) is 2.11. The predicted octanol–water partition coefficient (Wildman–Crippen LogP) is 1.41. The summed E-state index contributed by atoms with van der Waals surface area (Å²) in [7, 11) is 0. The van der Waals surface area contributed by atoms with Gasteiger partial charge in [0, 0.05) is 11.7 Å². The van der Waals surface area contributed by atoms with Gasteiger partial charge in [0.25, 0.3) is 0 Å². The van der Waals surface area contributed by atoms with Crippen LogP contribution in [0.15, 0.2) is 12.3 Å². The van der Waals surface area contributed by atoms with Crippen molar-refractivity contribution < 1.29 is 4.39 Å². The van der Waals surface area contributed by atoms with Crippen molar-refractivity contribution in [3.8, 4) is 0 Å². The minimum atomic E-state index is -1.01. The third kappa shape index (κ3) is 1.48. The molecule has 0 aromatic heterocycles. The van der Waals surface area contributed by atoms with Crippen LogP contribution in [0.4, 0.5) is 4.39 Å². The topological polar surface area (TPSA) is 15.3 Å². The molecule has 0 spiro atoms. The quantitative estimate of drug-likeness (QED) is 0.517. The fourth-order valence-electron chi connectivity index (χ4n) is 0.798. The van der Waals surface area contributed by atoms with E-state index in [4.69, 9.17) is 0 Å². The molecule has 1 unspecified atom stereocenters. The van der Waals surface area contributed by atoms with Crippen LogP contribution in [0.1, 0.15) is 20.8 Å². The van der Waals surface area contributed by atoms with Crippen LogP contribution in [0, 0.1) is 0 Å². The van der Waals surface area contributed by atoms with Crippen LogP contribution < -0.4 is 5.43 Å². The number of alkyl halides is 1. The molecule has 0 radical (unpaired) electrons. The van der Waals surface area contributed by atoms with Gasteiger partial charge in [-0.1, -0.05) is 0 Å². The Balaban J connectivity index is 2.55. The van der Waals surface area contributed by atoms with Crippen molar-refractivity contribution in [2.45, 2.75) is 32.6 Å². The fraction of sp³-hybridized carbons (Fsp3) is 0.714. The fourth-order valence-corrected chi connectivity index (χ4v) is 0.798. The number of rotatable bonds is 0. The minimum Gasteiger partial charge on any atom is -0.308 e. The van der Waals surface area contributed by atoms with E-state index in [0.29, 0.717) is 0 Å². The molecular weight excluding hydrogens is 131 g/mol. The van der Waals surface area contributed by atoms with E-state index in [1.54, 1.807) is 11.2 Å². The van der Waals surface area contributed by atoms with Crippen molar-refractivity contribution in [2.24, 2.45) is 0 Å². The molecule has 1 atom stereocenters. The Bertz CT molecular complexity index is 148. The first-order chi connectivity index (χ1) is 4.50. The largest absolute Gasteiger partial charge is 0.308 e. The van der Waals surface area contributed by atoms with Crippen molar-refractivity contribution >= 4 is 0 Å². The van der Waals surface area contributed by atoms with Crippen LogP contribution in [0.5, 0.6) is 0 Å². The number of hydrogen-bond donors (Lipinski definition) is 1. The van der Waals surface area contributed by atoms with E-state index in [0.717, 1.165) is 0 Å². The average molecular weight is 144 g/mol. The van der Waals surface area contributed by atoms with Gasteiger partial charge in [-0.25, -0.2) is 4.39 Å². The molecule has 3 heteroatoms. The molecule has 0 amide bonds. The highest BCUT2D eigenvalue weighted by atomic mass is 19.1. The lowest BCUT2D eigenvalue weighted by atomic mass is 10.1. The maximum Gasteiger partial charge on any atom is 0.188 e. The van der Waals surface area contributed by atoms with Gasteiger partial charge in [-0.3, -0.25) is 0 Å². The smallest absolute Gasteiger partial charge is 0.188 e. The molecule has 1 N–H and O–H groups in total. The number of hydrogen-bond acceptors (Lipinski definition) is 2. The first-order valence-corrected chi connectivity index (χ1v) is 3.38. The molecular formula is C7H13FN2. The highest BCUT2D eigenvalue weighted by Gasteiger charge is 2.23. The number of nitrogens with zero attached hydrogens (tertiary/aromatic N) is 1. The Hall–Kier alpha value is -0.570. The van der Waals surface area contributed by atoms with Gasteiger partial charge >= 0.3 is 0 Å². The Morgan fingerprint density at radius 3 is 2.30 bits per heavy atom. The normalized spacial score (nSPS) is 26.0. The number of halogens is 1. The summed E-state index contributed by atoms with van der Waals surface area (Å²) in [5.41, 5.74) is 2.60. The van der Waals surface area contributed by atoms with E-state index in [1.165, 1.54) is 6.08 Å². The lowest BCUT2D eigenvalue weighted by Gasteiger charge is -2.31. The Kier molecular flexibility index (Phi) is 1.68. The summed E-state index contributed by atoms with van der Waals surface area (Å²) >= 11 is 0. The predicted molar refractivity (Wildman–Crippen MR) is 38.8 cm³/mol. The molecule has 0 aromatic carbocycles. The molecule has 2 nitrogen and oxygen atoms in total. The molecule has 0 fully saturated rings. The summed E-state index contributed by atoms with van der Waals surface area (Å²) in [6, 6.07) is 0. The van der Waals surface area contributed by atoms with Crippen LogP contribution in [-0.4, -0.2) is 16.8 Å². The minimum absolute atomic E-state index is 0.0443. The van der Waals surface area contributed by atoms with Gasteiger partial charge < -0.3 is 5.01 Å². The third-order valence-electron chi connectivity index (χ3n) is 1.39. The van der Waals surface area contributed by atoms with Gasteiger partial charge in [0.05, 0.1) is 0 Å². The van der Waals surface area contributed by atoms with E-state index >= 15 is 0 Å². The third-order valence-corrected chi connectivity index (χ3v) is 1.39. The zero-order chi connectivity index (χ0) is 7.78. The van der Waals surface area contributed by atoms with Crippen molar-refractivity contribution in [2.75, 3.05) is 0 Å². The summed E-state index contributed by atoms with van der Waals surface area (Å²) in [5, 5.41) is 1.76. The molecule has 0 aromatic rings. The SMILES string of the molecule is CC(C)(C)N1C=CC(F)N1. The van der Waals surface area contributed by atoms with Gasteiger partial charge in [0.15, 0.2) is 6.30 Å². The second-order valence-corrected chi connectivity index (χ2v) is 3.41. The standard InChI is InChI=1S/C7H13FN2/c1-7(2,3)10-5-4-6(8)9-10/h4-6,9H,1-3H3. The van der Waals surface area contributed by atoms with Gasteiger partial charge in [-0.2, -0.15) is 5.43 Å². The van der Waals surface area contributed by atoms with E-state index in [2.05, 4.69) is 5.43 Å². The summed E-state index contributed by atoms with van der Waals surface area (Å²) in [6.45, 7) is 6.05. The number of hydrazine groups is 1. The van der Waals surface area contributed by atoms with Gasteiger partial charge in [0.2, 0.25) is 0 Å². The lowest BCUT2D eigenvalue weighted by Crippen LogP contribution is -2.45. The van der Waals surface area contributed by atoms with Crippen LogP contribution >= 0.6 is 0 Å². The van der Waals surface area contributed by atoms with Crippen LogP contribution in [0.3, 0.4) is 0 Å². The van der Waals surface area contributed by atoms with Crippen LogP contribution in [0.25, 0.3) is 0 Å². The summed E-state index contributed by atoms with van der Waals surface area (Å²) in [5.74, 6) is 0. The van der Waals surface area contributed by atoms with Gasteiger partial charge in [-0.15, -0.1) is 0 Å². The van der Waals surface area contributed by atoms with Crippen LogP contribution in [-0.2, 0) is 0 Å². The molecule has 0 saturated heterocycles. The summed E-state index contributed by atoms with van der Waals surface area (Å²) in [4.78, 5) is 0. The highest BCUT2D eigenvalue weighted by molar-refractivity contribution is 4.97. The lowest BCUT2D eigenvalue weighted by molar-refractivity contribution is 0.108. The molecule has 0 aliphatic carbocycles. The van der Waals surface area contributed by atoms with E-state index in [-0.39, 0.29) is 5.54 Å². The highest BCUT2D eigenvalue weighted by Crippen LogP contribution is 2.15. The first kappa shape index (κ1) is 7.54. The van der Waals surface area contributed by atoms with E-state index < -0.39 is 6.30 Å². The molecule has 58 valence electrons. The zero-order valence-corrected chi connectivity index (χ0v) is 6.56. The molecule has 1 aliphatic heterocycles. The van der Waals surface area contributed by atoms with Crippen molar-refractivity contribution in [3.63, 3.8) is 0 Å².